The van der Waals surface area contributed by atoms with Crippen LogP contribution in [0.3, 0.4) is 0 Å². The molecule has 6 heteroatoms. The number of ketones is 1. The quantitative estimate of drug-likeness (QED) is 0.271. The molecule has 0 amide bonds. The minimum absolute atomic E-state index is 0.164. The SMILES string of the molecule is Cc1csc(SCc2ccccc2C(=O)O[C@@H](C)C(=O)c2ccc3c(c2)CCC3)n1. The lowest BCUT2D eigenvalue weighted by molar-refractivity contribution is 0.0318. The molecule has 30 heavy (non-hydrogen) atoms. The van der Waals surface area contributed by atoms with E-state index in [1.807, 2.05) is 48.7 Å². The lowest BCUT2D eigenvalue weighted by Gasteiger charge is -2.15. The highest BCUT2D eigenvalue weighted by atomic mass is 32.2. The highest BCUT2D eigenvalue weighted by Crippen LogP contribution is 2.28. The summed E-state index contributed by atoms with van der Waals surface area (Å²) in [6.07, 6.45) is 2.38. The molecule has 0 saturated carbocycles. The number of hydrogen-bond acceptors (Lipinski definition) is 6. The highest BCUT2D eigenvalue weighted by molar-refractivity contribution is 8.00. The van der Waals surface area contributed by atoms with Crippen molar-refractivity contribution in [1.82, 2.24) is 4.98 Å². The summed E-state index contributed by atoms with van der Waals surface area (Å²) in [4.78, 5) is 30.1. The minimum atomic E-state index is -0.834. The zero-order chi connectivity index (χ0) is 21.1. The first-order valence-electron chi connectivity index (χ1n) is 10.0. The van der Waals surface area contributed by atoms with Gasteiger partial charge in [0.25, 0.3) is 0 Å². The fourth-order valence-electron chi connectivity index (χ4n) is 3.62. The zero-order valence-electron chi connectivity index (χ0n) is 17.0. The summed E-state index contributed by atoms with van der Waals surface area (Å²) in [5.74, 6) is -0.0162. The molecule has 4 nitrogen and oxygen atoms in total. The summed E-state index contributed by atoms with van der Waals surface area (Å²) in [7, 11) is 0. The van der Waals surface area contributed by atoms with E-state index in [0.29, 0.717) is 16.9 Å². The van der Waals surface area contributed by atoms with Gasteiger partial charge in [-0.3, -0.25) is 4.79 Å². The fraction of sp³-hybridized carbons (Fsp3) is 0.292. The van der Waals surface area contributed by atoms with E-state index in [1.54, 1.807) is 36.1 Å². The molecule has 0 aliphatic heterocycles. The Morgan fingerprint density at radius 3 is 2.77 bits per heavy atom. The number of thiazole rings is 1. The van der Waals surface area contributed by atoms with Crippen molar-refractivity contribution in [2.45, 2.75) is 49.3 Å². The fourth-order valence-corrected chi connectivity index (χ4v) is 5.47. The number of fused-ring (bicyclic) bond motifs is 1. The number of hydrogen-bond donors (Lipinski definition) is 0. The third-order valence-electron chi connectivity index (χ3n) is 5.22. The van der Waals surface area contributed by atoms with Crippen LogP contribution in [-0.2, 0) is 23.3 Å². The lowest BCUT2D eigenvalue weighted by Crippen LogP contribution is -2.25. The van der Waals surface area contributed by atoms with Crippen LogP contribution < -0.4 is 0 Å². The van der Waals surface area contributed by atoms with Crippen LogP contribution in [0.15, 0.2) is 52.2 Å². The Bertz CT molecular complexity index is 1090. The number of benzene rings is 2. The summed E-state index contributed by atoms with van der Waals surface area (Å²) >= 11 is 3.19. The van der Waals surface area contributed by atoms with Gasteiger partial charge in [-0.25, -0.2) is 9.78 Å². The number of rotatable bonds is 7. The van der Waals surface area contributed by atoms with Crippen LogP contribution >= 0.6 is 23.1 Å². The first-order chi connectivity index (χ1) is 14.5. The van der Waals surface area contributed by atoms with Gasteiger partial charge in [0.05, 0.1) is 5.56 Å². The molecule has 1 heterocycles. The topological polar surface area (TPSA) is 56.3 Å². The summed E-state index contributed by atoms with van der Waals surface area (Å²) in [5, 5.41) is 2.01. The Hall–Kier alpha value is -2.44. The number of esters is 1. The summed E-state index contributed by atoms with van der Waals surface area (Å²) in [6.45, 7) is 3.61. The van der Waals surface area contributed by atoms with Crippen molar-refractivity contribution in [2.75, 3.05) is 0 Å². The van der Waals surface area contributed by atoms with E-state index >= 15 is 0 Å². The van der Waals surface area contributed by atoms with Crippen LogP contribution in [0.2, 0.25) is 0 Å². The highest BCUT2D eigenvalue weighted by Gasteiger charge is 2.23. The molecule has 2 aromatic carbocycles. The molecule has 0 N–H and O–H groups in total. The van der Waals surface area contributed by atoms with Crippen molar-refractivity contribution in [2.24, 2.45) is 0 Å². The van der Waals surface area contributed by atoms with Gasteiger partial charge in [-0.05, 0) is 61.9 Å². The largest absolute Gasteiger partial charge is 0.451 e. The number of aromatic nitrogens is 1. The van der Waals surface area contributed by atoms with Gasteiger partial charge >= 0.3 is 5.97 Å². The van der Waals surface area contributed by atoms with Crippen molar-refractivity contribution in [3.63, 3.8) is 0 Å². The summed E-state index contributed by atoms with van der Waals surface area (Å²) in [5.41, 5.74) is 5.52. The van der Waals surface area contributed by atoms with Crippen LogP contribution in [0.4, 0.5) is 0 Å². The normalized spacial score (nSPS) is 13.7. The number of nitrogens with zero attached hydrogens (tertiary/aromatic N) is 1. The second-order valence-electron chi connectivity index (χ2n) is 7.45. The first kappa shape index (κ1) is 20.8. The van der Waals surface area contributed by atoms with Gasteiger partial charge in [0, 0.05) is 22.4 Å². The predicted molar refractivity (Wildman–Crippen MR) is 121 cm³/mol. The Kier molecular flexibility index (Phi) is 6.35. The van der Waals surface area contributed by atoms with E-state index in [9.17, 15) is 9.59 Å². The van der Waals surface area contributed by atoms with Gasteiger partial charge < -0.3 is 4.74 Å². The van der Waals surface area contributed by atoms with E-state index in [2.05, 4.69) is 4.98 Å². The molecule has 0 radical (unpaired) electrons. The summed E-state index contributed by atoms with van der Waals surface area (Å²) < 4.78 is 6.53. The van der Waals surface area contributed by atoms with Crippen LogP contribution in [0, 0.1) is 6.92 Å². The van der Waals surface area contributed by atoms with Crippen molar-refractivity contribution in [3.8, 4) is 0 Å². The lowest BCUT2D eigenvalue weighted by atomic mass is 10.0. The average molecular weight is 438 g/mol. The Morgan fingerprint density at radius 2 is 1.97 bits per heavy atom. The van der Waals surface area contributed by atoms with Crippen LogP contribution in [0.25, 0.3) is 0 Å². The van der Waals surface area contributed by atoms with Crippen LogP contribution in [-0.4, -0.2) is 22.8 Å². The number of Topliss-reactive ketones (excluding diaryl/α,β-unsaturated/α-hetero) is 1. The van der Waals surface area contributed by atoms with Gasteiger partial charge in [-0.2, -0.15) is 0 Å². The Labute approximate surface area is 184 Å². The molecule has 3 aromatic rings. The maximum absolute atomic E-state index is 12.8. The van der Waals surface area contributed by atoms with E-state index in [4.69, 9.17) is 4.74 Å². The number of thioether (sulfide) groups is 1. The molecule has 1 aliphatic rings. The number of ether oxygens (including phenoxy) is 1. The standard InChI is InChI=1S/C24H23NO3S2/c1-15-13-29-24(25-15)30-14-20-6-3-4-9-21(20)23(27)28-16(2)22(26)19-11-10-17-7-5-8-18(17)12-19/h3-4,6,9-13,16H,5,7-8,14H2,1-2H3/t16-/m0/s1. The molecule has 0 bridgehead atoms. The molecule has 0 fully saturated rings. The van der Waals surface area contributed by atoms with Crippen molar-refractivity contribution in [1.29, 1.82) is 0 Å². The second-order valence-corrected chi connectivity index (χ2v) is 9.53. The molecule has 154 valence electrons. The molecule has 4 rings (SSSR count). The molecule has 1 aromatic heterocycles. The maximum atomic E-state index is 12.8. The van der Waals surface area contributed by atoms with Gasteiger partial charge in [0.15, 0.2) is 6.10 Å². The smallest absolute Gasteiger partial charge is 0.339 e. The van der Waals surface area contributed by atoms with Gasteiger partial charge in [-0.1, -0.05) is 42.1 Å². The molecular weight excluding hydrogens is 414 g/mol. The van der Waals surface area contributed by atoms with Crippen molar-refractivity contribution < 1.29 is 14.3 Å². The maximum Gasteiger partial charge on any atom is 0.339 e. The van der Waals surface area contributed by atoms with E-state index < -0.39 is 12.1 Å². The Balaban J connectivity index is 1.43. The summed E-state index contributed by atoms with van der Waals surface area (Å²) in [6, 6.07) is 13.2. The monoisotopic (exact) mass is 437 g/mol. The molecule has 0 unspecified atom stereocenters. The molecule has 1 aliphatic carbocycles. The van der Waals surface area contributed by atoms with Gasteiger partial charge in [-0.15, -0.1) is 11.3 Å². The van der Waals surface area contributed by atoms with Gasteiger partial charge in [0.2, 0.25) is 5.78 Å². The molecule has 0 saturated heterocycles. The number of carbonyl (C=O) groups is 2. The average Bonchev–Trinajstić information content (AvgIpc) is 3.39. The minimum Gasteiger partial charge on any atom is -0.451 e. The van der Waals surface area contributed by atoms with E-state index in [0.717, 1.165) is 34.9 Å². The predicted octanol–water partition coefficient (Wildman–Crippen LogP) is 5.66. The zero-order valence-corrected chi connectivity index (χ0v) is 18.6. The molecule has 1 atom stereocenters. The van der Waals surface area contributed by atoms with Crippen molar-refractivity contribution in [3.05, 3.63) is 81.4 Å². The third-order valence-corrected chi connectivity index (χ3v) is 7.41. The van der Waals surface area contributed by atoms with E-state index in [-0.39, 0.29) is 5.78 Å². The van der Waals surface area contributed by atoms with Gasteiger partial charge in [0.1, 0.15) is 4.34 Å². The number of aryl methyl sites for hydroxylation is 3. The third kappa shape index (κ3) is 4.65. The van der Waals surface area contributed by atoms with Crippen LogP contribution in [0.1, 0.15) is 56.4 Å². The Morgan fingerprint density at radius 1 is 1.17 bits per heavy atom. The number of carbonyl (C=O) groups excluding carboxylic acids is 2. The van der Waals surface area contributed by atoms with Crippen molar-refractivity contribution >= 4 is 34.9 Å². The molecule has 0 spiro atoms. The first-order valence-corrected chi connectivity index (χ1v) is 11.9. The van der Waals surface area contributed by atoms with E-state index in [1.165, 1.54) is 11.1 Å². The second kappa shape index (κ2) is 9.14. The van der Waals surface area contributed by atoms with Crippen LogP contribution in [0.5, 0.6) is 0 Å². The molecular formula is C24H23NO3S2.